The first-order valence-corrected chi connectivity index (χ1v) is 10.6. The SMILES string of the molecule is CC(C)(O)c1cc2nn(C3CCCCC3)cc2cc1NC(=O)c1cccc(C(F)(F)F)n1. The van der Waals surface area contributed by atoms with Crippen molar-refractivity contribution in [1.82, 2.24) is 14.8 Å². The molecule has 32 heavy (non-hydrogen) atoms. The average Bonchev–Trinajstić information content (AvgIpc) is 3.16. The van der Waals surface area contributed by atoms with Crippen molar-refractivity contribution in [2.24, 2.45) is 0 Å². The third-order valence-electron chi connectivity index (χ3n) is 5.79. The van der Waals surface area contributed by atoms with E-state index in [1.54, 1.807) is 26.0 Å². The highest BCUT2D eigenvalue weighted by Gasteiger charge is 2.33. The molecule has 1 amide bonds. The normalized spacial score (nSPS) is 15.8. The molecule has 2 aromatic heterocycles. The summed E-state index contributed by atoms with van der Waals surface area (Å²) in [6, 6.07) is 6.89. The van der Waals surface area contributed by atoms with Gasteiger partial charge in [0.05, 0.1) is 17.2 Å². The van der Waals surface area contributed by atoms with E-state index in [9.17, 15) is 23.1 Å². The van der Waals surface area contributed by atoms with Crippen molar-refractivity contribution in [3.8, 4) is 0 Å². The number of carbonyl (C=O) groups excluding carboxylic acids is 1. The lowest BCUT2D eigenvalue weighted by Crippen LogP contribution is -2.22. The second-order valence-corrected chi connectivity index (χ2v) is 8.78. The highest BCUT2D eigenvalue weighted by Crippen LogP contribution is 2.34. The van der Waals surface area contributed by atoms with Gasteiger partial charge in [-0.3, -0.25) is 9.48 Å². The van der Waals surface area contributed by atoms with E-state index in [-0.39, 0.29) is 5.69 Å². The number of halogens is 3. The summed E-state index contributed by atoms with van der Waals surface area (Å²) in [7, 11) is 0. The van der Waals surface area contributed by atoms with Crippen molar-refractivity contribution in [3.05, 3.63) is 53.5 Å². The molecule has 0 aliphatic heterocycles. The topological polar surface area (TPSA) is 80.0 Å². The summed E-state index contributed by atoms with van der Waals surface area (Å²) >= 11 is 0. The molecule has 1 aliphatic rings. The molecule has 0 spiro atoms. The maximum atomic E-state index is 13.0. The predicted molar refractivity (Wildman–Crippen MR) is 114 cm³/mol. The molecular formula is C23H25F3N4O2. The Hall–Kier alpha value is -2.94. The molecule has 1 fully saturated rings. The lowest BCUT2D eigenvalue weighted by molar-refractivity contribution is -0.141. The Bertz CT molecular complexity index is 1140. The molecule has 2 N–H and O–H groups in total. The van der Waals surface area contributed by atoms with E-state index in [0.717, 1.165) is 43.2 Å². The summed E-state index contributed by atoms with van der Waals surface area (Å²) in [5.41, 5.74) is -1.41. The number of anilines is 1. The van der Waals surface area contributed by atoms with Crippen LogP contribution >= 0.6 is 0 Å². The summed E-state index contributed by atoms with van der Waals surface area (Å²) in [4.78, 5) is 16.2. The van der Waals surface area contributed by atoms with Gasteiger partial charge in [-0.05, 0) is 51.0 Å². The maximum Gasteiger partial charge on any atom is 0.433 e. The Morgan fingerprint density at radius 2 is 1.88 bits per heavy atom. The number of nitrogens with zero attached hydrogens (tertiary/aromatic N) is 3. The Kier molecular flexibility index (Phi) is 5.70. The van der Waals surface area contributed by atoms with Gasteiger partial charge in [0, 0.05) is 22.8 Å². The molecule has 1 aliphatic carbocycles. The van der Waals surface area contributed by atoms with Crippen molar-refractivity contribution < 1.29 is 23.1 Å². The quantitative estimate of drug-likeness (QED) is 0.560. The molecule has 4 rings (SSSR count). The highest BCUT2D eigenvalue weighted by atomic mass is 19.4. The standard InChI is InChI=1S/C23H25F3N4O2/c1-22(2,32)16-12-18-14(13-30(29-18)15-7-4-3-5-8-15)11-19(16)28-21(31)17-9-6-10-20(27-17)23(24,25)26/h6,9-13,15,32H,3-5,7-8H2,1-2H3,(H,28,31). The minimum absolute atomic E-state index is 0.303. The van der Waals surface area contributed by atoms with E-state index < -0.39 is 23.4 Å². The molecule has 0 radical (unpaired) electrons. The number of amides is 1. The zero-order chi connectivity index (χ0) is 23.1. The summed E-state index contributed by atoms with van der Waals surface area (Å²) in [5.74, 6) is -0.791. The molecule has 1 aromatic carbocycles. The summed E-state index contributed by atoms with van der Waals surface area (Å²) in [5, 5.41) is 18.8. The van der Waals surface area contributed by atoms with Gasteiger partial charge in [0.1, 0.15) is 11.4 Å². The van der Waals surface area contributed by atoms with Crippen LogP contribution in [0.2, 0.25) is 0 Å². The van der Waals surface area contributed by atoms with Crippen LogP contribution in [-0.2, 0) is 11.8 Å². The summed E-state index contributed by atoms with van der Waals surface area (Å²) in [6.45, 7) is 3.15. The third-order valence-corrected chi connectivity index (χ3v) is 5.79. The molecule has 0 saturated heterocycles. The number of benzene rings is 1. The van der Waals surface area contributed by atoms with E-state index in [2.05, 4.69) is 15.4 Å². The minimum atomic E-state index is -4.65. The first-order chi connectivity index (χ1) is 15.0. The van der Waals surface area contributed by atoms with E-state index in [1.165, 1.54) is 12.5 Å². The smallest absolute Gasteiger partial charge is 0.386 e. The van der Waals surface area contributed by atoms with Gasteiger partial charge in [-0.15, -0.1) is 0 Å². The number of alkyl halides is 3. The van der Waals surface area contributed by atoms with Crippen LogP contribution in [0.1, 0.15) is 73.7 Å². The van der Waals surface area contributed by atoms with Gasteiger partial charge in [0.25, 0.3) is 5.91 Å². The second kappa shape index (κ2) is 8.20. The molecule has 9 heteroatoms. The Morgan fingerprint density at radius 1 is 1.16 bits per heavy atom. The number of aliphatic hydroxyl groups is 1. The second-order valence-electron chi connectivity index (χ2n) is 8.78. The fourth-order valence-corrected chi connectivity index (χ4v) is 4.14. The molecular weight excluding hydrogens is 421 g/mol. The number of carbonyl (C=O) groups is 1. The van der Waals surface area contributed by atoms with Crippen LogP contribution in [0.25, 0.3) is 10.9 Å². The van der Waals surface area contributed by atoms with Crippen LogP contribution < -0.4 is 5.32 Å². The zero-order valence-electron chi connectivity index (χ0n) is 17.9. The zero-order valence-corrected chi connectivity index (χ0v) is 17.9. The third kappa shape index (κ3) is 4.62. The van der Waals surface area contributed by atoms with Gasteiger partial charge in [0.15, 0.2) is 0 Å². The number of nitrogens with one attached hydrogen (secondary N) is 1. The number of aromatic nitrogens is 3. The maximum absolute atomic E-state index is 13.0. The van der Waals surface area contributed by atoms with Crippen molar-refractivity contribution in [3.63, 3.8) is 0 Å². The van der Waals surface area contributed by atoms with Crippen molar-refractivity contribution in [2.75, 3.05) is 5.32 Å². The van der Waals surface area contributed by atoms with Crippen molar-refractivity contribution >= 4 is 22.5 Å². The van der Waals surface area contributed by atoms with Crippen LogP contribution in [-0.4, -0.2) is 25.8 Å². The van der Waals surface area contributed by atoms with Crippen LogP contribution in [0.5, 0.6) is 0 Å². The van der Waals surface area contributed by atoms with Crippen LogP contribution in [0.3, 0.4) is 0 Å². The highest BCUT2D eigenvalue weighted by molar-refractivity contribution is 6.04. The van der Waals surface area contributed by atoms with Gasteiger partial charge in [-0.1, -0.05) is 25.3 Å². The lowest BCUT2D eigenvalue weighted by Gasteiger charge is -2.22. The number of fused-ring (bicyclic) bond motifs is 1. The number of rotatable bonds is 4. The fourth-order valence-electron chi connectivity index (χ4n) is 4.14. The minimum Gasteiger partial charge on any atom is -0.386 e. The van der Waals surface area contributed by atoms with Gasteiger partial charge in [-0.25, -0.2) is 4.98 Å². The van der Waals surface area contributed by atoms with Crippen LogP contribution in [0, 0.1) is 0 Å². The molecule has 170 valence electrons. The predicted octanol–water partition coefficient (Wildman–Crippen LogP) is 5.44. The molecule has 0 bridgehead atoms. The van der Waals surface area contributed by atoms with E-state index in [0.29, 0.717) is 22.8 Å². The van der Waals surface area contributed by atoms with Gasteiger partial charge in [-0.2, -0.15) is 18.3 Å². The molecule has 2 heterocycles. The van der Waals surface area contributed by atoms with Crippen LogP contribution in [0.15, 0.2) is 36.5 Å². The van der Waals surface area contributed by atoms with E-state index >= 15 is 0 Å². The van der Waals surface area contributed by atoms with Gasteiger partial charge < -0.3 is 10.4 Å². The van der Waals surface area contributed by atoms with Gasteiger partial charge >= 0.3 is 6.18 Å². The Balaban J connectivity index is 1.69. The average molecular weight is 446 g/mol. The molecule has 6 nitrogen and oxygen atoms in total. The first-order valence-electron chi connectivity index (χ1n) is 10.6. The largest absolute Gasteiger partial charge is 0.433 e. The number of pyridine rings is 1. The lowest BCUT2D eigenvalue weighted by atomic mass is 9.95. The molecule has 3 aromatic rings. The van der Waals surface area contributed by atoms with Crippen molar-refractivity contribution in [2.45, 2.75) is 63.8 Å². The Morgan fingerprint density at radius 3 is 2.53 bits per heavy atom. The number of hydrogen-bond acceptors (Lipinski definition) is 4. The first kappa shape index (κ1) is 22.3. The monoisotopic (exact) mass is 446 g/mol. The number of hydrogen-bond donors (Lipinski definition) is 2. The van der Waals surface area contributed by atoms with Gasteiger partial charge in [0.2, 0.25) is 0 Å². The summed E-state index contributed by atoms with van der Waals surface area (Å²) < 4.78 is 40.9. The molecule has 1 saturated carbocycles. The molecule has 0 unspecified atom stereocenters. The van der Waals surface area contributed by atoms with Crippen LogP contribution in [0.4, 0.5) is 18.9 Å². The van der Waals surface area contributed by atoms with E-state index in [4.69, 9.17) is 0 Å². The fraction of sp³-hybridized carbons (Fsp3) is 0.435. The summed E-state index contributed by atoms with van der Waals surface area (Å²) in [6.07, 6.45) is 2.90. The Labute approximate surface area is 183 Å². The molecule has 0 atom stereocenters. The van der Waals surface area contributed by atoms with E-state index in [1.807, 2.05) is 10.9 Å². The van der Waals surface area contributed by atoms with Crippen molar-refractivity contribution in [1.29, 1.82) is 0 Å².